The van der Waals surface area contributed by atoms with Crippen LogP contribution in [-0.2, 0) is 24.8 Å². The smallest absolute Gasteiger partial charge is 0.244 e. The van der Waals surface area contributed by atoms with E-state index in [1.54, 1.807) is 18.2 Å². The fraction of sp³-hybridized carbons (Fsp3) is 0.316. The largest absolute Gasteiger partial charge is 0.325 e. The molecule has 0 unspecified atom stereocenters. The van der Waals surface area contributed by atoms with E-state index in [1.807, 2.05) is 0 Å². The van der Waals surface area contributed by atoms with E-state index in [1.165, 1.54) is 41.7 Å². The maximum atomic E-state index is 12.8. The van der Waals surface area contributed by atoms with Crippen LogP contribution in [0.5, 0.6) is 0 Å². The molecule has 2 aromatic carbocycles. The second-order valence-electron chi connectivity index (χ2n) is 6.88. The van der Waals surface area contributed by atoms with Crippen LogP contribution >= 0.6 is 11.6 Å². The fourth-order valence-corrected chi connectivity index (χ4v) is 6.27. The SMILES string of the molecule is CN(CC(=O)Nc1ccc(Cl)c(S(=O)(=O)N2CCCC2)c1)S(=O)(=O)c1ccccc1. The minimum absolute atomic E-state index is 0.0590. The summed E-state index contributed by atoms with van der Waals surface area (Å²) in [5, 5.41) is 2.60. The highest BCUT2D eigenvalue weighted by atomic mass is 35.5. The van der Waals surface area contributed by atoms with Gasteiger partial charge in [-0.2, -0.15) is 8.61 Å². The van der Waals surface area contributed by atoms with Crippen molar-refractivity contribution in [2.45, 2.75) is 22.6 Å². The molecule has 1 N–H and O–H groups in total. The number of rotatable bonds is 7. The van der Waals surface area contributed by atoms with Crippen molar-refractivity contribution in [3.05, 3.63) is 53.6 Å². The summed E-state index contributed by atoms with van der Waals surface area (Å²) in [4.78, 5) is 12.4. The molecule has 0 saturated carbocycles. The van der Waals surface area contributed by atoms with Gasteiger partial charge in [0.25, 0.3) is 0 Å². The van der Waals surface area contributed by atoms with E-state index >= 15 is 0 Å². The van der Waals surface area contributed by atoms with E-state index in [0.717, 1.165) is 17.1 Å². The molecule has 1 aliphatic rings. The molecule has 0 bridgehead atoms. The first-order chi connectivity index (χ1) is 14.1. The number of sulfonamides is 2. The third-order valence-corrected chi connectivity index (χ3v) is 8.91. The van der Waals surface area contributed by atoms with Gasteiger partial charge in [-0.15, -0.1) is 0 Å². The molecule has 11 heteroatoms. The van der Waals surface area contributed by atoms with Crippen LogP contribution in [0, 0.1) is 0 Å². The molecule has 1 heterocycles. The van der Waals surface area contributed by atoms with Crippen LogP contribution in [0.4, 0.5) is 5.69 Å². The quantitative estimate of drug-likeness (QED) is 0.667. The highest BCUT2D eigenvalue weighted by Crippen LogP contribution is 2.29. The molecule has 0 aliphatic carbocycles. The molecule has 0 spiro atoms. The summed E-state index contributed by atoms with van der Waals surface area (Å²) in [7, 11) is -6.29. The van der Waals surface area contributed by atoms with Gasteiger partial charge in [-0.1, -0.05) is 29.8 Å². The number of halogens is 1. The number of hydrogen-bond acceptors (Lipinski definition) is 5. The third-order valence-electron chi connectivity index (χ3n) is 4.72. The number of nitrogens with zero attached hydrogens (tertiary/aromatic N) is 2. The Morgan fingerprint density at radius 3 is 2.33 bits per heavy atom. The summed E-state index contributed by atoms with van der Waals surface area (Å²) in [5.74, 6) is -0.608. The van der Waals surface area contributed by atoms with Crippen LogP contribution < -0.4 is 5.32 Å². The van der Waals surface area contributed by atoms with Gasteiger partial charge in [0.15, 0.2) is 0 Å². The van der Waals surface area contributed by atoms with Crippen molar-refractivity contribution in [3.8, 4) is 0 Å². The molecular weight excluding hydrogens is 450 g/mol. The van der Waals surface area contributed by atoms with Crippen LogP contribution in [0.25, 0.3) is 0 Å². The highest BCUT2D eigenvalue weighted by Gasteiger charge is 2.29. The number of anilines is 1. The van der Waals surface area contributed by atoms with Gasteiger partial charge in [0.2, 0.25) is 26.0 Å². The molecule has 1 saturated heterocycles. The lowest BCUT2D eigenvalue weighted by Gasteiger charge is -2.18. The topological polar surface area (TPSA) is 104 Å². The lowest BCUT2D eigenvalue weighted by Crippen LogP contribution is -2.35. The van der Waals surface area contributed by atoms with Crippen molar-refractivity contribution in [2.24, 2.45) is 0 Å². The van der Waals surface area contributed by atoms with Crippen molar-refractivity contribution < 1.29 is 21.6 Å². The number of benzene rings is 2. The number of nitrogens with one attached hydrogen (secondary N) is 1. The molecule has 1 aliphatic heterocycles. The summed E-state index contributed by atoms with van der Waals surface area (Å²) in [5.41, 5.74) is 0.215. The summed E-state index contributed by atoms with van der Waals surface area (Å²) in [6.45, 7) is 0.419. The Bertz CT molecular complexity index is 1130. The van der Waals surface area contributed by atoms with E-state index in [0.29, 0.717) is 13.1 Å². The molecule has 162 valence electrons. The zero-order valence-corrected chi connectivity index (χ0v) is 18.7. The second kappa shape index (κ2) is 9.03. The number of carbonyl (C=O) groups is 1. The average Bonchev–Trinajstić information content (AvgIpc) is 3.25. The van der Waals surface area contributed by atoms with Crippen LogP contribution in [0.3, 0.4) is 0 Å². The van der Waals surface area contributed by atoms with Crippen molar-refractivity contribution in [2.75, 3.05) is 32.0 Å². The van der Waals surface area contributed by atoms with E-state index in [4.69, 9.17) is 11.6 Å². The third kappa shape index (κ3) is 4.84. The average molecular weight is 472 g/mol. The summed E-state index contributed by atoms with van der Waals surface area (Å²) >= 11 is 6.10. The summed E-state index contributed by atoms with van der Waals surface area (Å²) in [6.07, 6.45) is 1.57. The molecular formula is C19H22ClN3O5S2. The van der Waals surface area contributed by atoms with Gasteiger partial charge in [-0.25, -0.2) is 16.8 Å². The number of amides is 1. The molecule has 0 atom stereocenters. The van der Waals surface area contributed by atoms with Crippen molar-refractivity contribution in [1.29, 1.82) is 0 Å². The van der Waals surface area contributed by atoms with Crippen LogP contribution in [0.1, 0.15) is 12.8 Å². The zero-order chi connectivity index (χ0) is 21.9. The minimum atomic E-state index is -3.83. The van der Waals surface area contributed by atoms with E-state index < -0.39 is 32.5 Å². The molecule has 8 nitrogen and oxygen atoms in total. The maximum absolute atomic E-state index is 12.8. The second-order valence-corrected chi connectivity index (χ2v) is 11.2. The molecule has 2 aromatic rings. The Morgan fingerprint density at radius 1 is 1.07 bits per heavy atom. The van der Waals surface area contributed by atoms with Crippen LogP contribution in [0.15, 0.2) is 58.3 Å². The van der Waals surface area contributed by atoms with E-state index in [-0.39, 0.29) is 20.5 Å². The lowest BCUT2D eigenvalue weighted by molar-refractivity contribution is -0.116. The molecule has 3 rings (SSSR count). The Kier molecular flexibility index (Phi) is 6.83. The highest BCUT2D eigenvalue weighted by molar-refractivity contribution is 7.89. The van der Waals surface area contributed by atoms with Gasteiger partial charge in [0, 0.05) is 25.8 Å². The van der Waals surface area contributed by atoms with Crippen molar-refractivity contribution in [3.63, 3.8) is 0 Å². The van der Waals surface area contributed by atoms with Crippen LogP contribution in [-0.4, -0.2) is 58.0 Å². The monoisotopic (exact) mass is 471 g/mol. The predicted octanol–water partition coefficient (Wildman–Crippen LogP) is 2.38. The molecule has 0 aromatic heterocycles. The van der Waals surface area contributed by atoms with Gasteiger partial charge in [0.1, 0.15) is 4.90 Å². The first-order valence-corrected chi connectivity index (χ1v) is 12.5. The molecule has 0 radical (unpaired) electrons. The Morgan fingerprint density at radius 2 is 1.70 bits per heavy atom. The van der Waals surface area contributed by atoms with Crippen molar-refractivity contribution in [1.82, 2.24) is 8.61 Å². The molecule has 1 amide bonds. The number of likely N-dealkylation sites (N-methyl/N-ethyl adjacent to an activating group) is 1. The first kappa shape index (κ1) is 22.7. The fourth-order valence-electron chi connectivity index (χ4n) is 3.11. The Hall–Kier alpha value is -1.98. The molecule has 30 heavy (non-hydrogen) atoms. The standard InChI is InChI=1S/C19H22ClN3O5S2/c1-22(29(25,26)16-7-3-2-4-8-16)14-19(24)21-15-9-10-17(20)18(13-15)30(27,28)23-11-5-6-12-23/h2-4,7-10,13H,5-6,11-12,14H2,1H3,(H,21,24). The lowest BCUT2D eigenvalue weighted by atomic mass is 10.3. The van der Waals surface area contributed by atoms with Crippen LogP contribution in [0.2, 0.25) is 5.02 Å². The van der Waals surface area contributed by atoms with Gasteiger partial charge in [0.05, 0.1) is 16.5 Å². The summed E-state index contributed by atoms with van der Waals surface area (Å²) < 4.78 is 53.0. The van der Waals surface area contributed by atoms with Crippen molar-refractivity contribution >= 4 is 43.2 Å². The minimum Gasteiger partial charge on any atom is -0.325 e. The van der Waals surface area contributed by atoms with Gasteiger partial charge in [-0.3, -0.25) is 4.79 Å². The van der Waals surface area contributed by atoms with E-state index in [2.05, 4.69) is 5.32 Å². The number of carbonyl (C=O) groups excluding carboxylic acids is 1. The summed E-state index contributed by atoms with van der Waals surface area (Å²) in [6, 6.07) is 11.9. The Labute approximate surface area is 181 Å². The van der Waals surface area contributed by atoms with E-state index in [9.17, 15) is 21.6 Å². The predicted molar refractivity (Wildman–Crippen MR) is 114 cm³/mol. The van der Waals surface area contributed by atoms with Gasteiger partial charge >= 0.3 is 0 Å². The van der Waals surface area contributed by atoms with Gasteiger partial charge < -0.3 is 5.32 Å². The normalized spacial score (nSPS) is 15.4. The zero-order valence-electron chi connectivity index (χ0n) is 16.3. The first-order valence-electron chi connectivity index (χ1n) is 9.23. The Balaban J connectivity index is 1.74. The maximum Gasteiger partial charge on any atom is 0.244 e. The number of hydrogen-bond donors (Lipinski definition) is 1. The van der Waals surface area contributed by atoms with Gasteiger partial charge in [-0.05, 0) is 43.2 Å². The molecule has 1 fully saturated rings.